The number of para-hydroxylation sites is 1. The molecule has 2 aromatic heterocycles. The summed E-state index contributed by atoms with van der Waals surface area (Å²) in [5.41, 5.74) is 3.24. The number of anilines is 1. The number of benzene rings is 2. The van der Waals surface area contributed by atoms with E-state index in [-0.39, 0.29) is 4.90 Å². The molecule has 4 nitrogen and oxygen atoms in total. The van der Waals surface area contributed by atoms with Crippen molar-refractivity contribution in [1.82, 2.24) is 4.98 Å². The number of nitrogens with one attached hydrogen (secondary N) is 1. The third-order valence-electron chi connectivity index (χ3n) is 4.22. The Morgan fingerprint density at radius 2 is 1.85 bits per heavy atom. The van der Waals surface area contributed by atoms with Crippen LogP contribution in [0.15, 0.2) is 52.7 Å². The van der Waals surface area contributed by atoms with Crippen molar-refractivity contribution < 1.29 is 8.42 Å². The van der Waals surface area contributed by atoms with E-state index in [1.807, 2.05) is 36.6 Å². The van der Waals surface area contributed by atoms with E-state index in [1.165, 1.54) is 11.3 Å². The highest BCUT2D eigenvalue weighted by Crippen LogP contribution is 2.41. The summed E-state index contributed by atoms with van der Waals surface area (Å²) in [7, 11) is -3.76. The summed E-state index contributed by atoms with van der Waals surface area (Å²) in [6.07, 6.45) is 0. The Labute approximate surface area is 170 Å². The number of halogens is 1. The maximum absolute atomic E-state index is 13.0. The van der Waals surface area contributed by atoms with Gasteiger partial charge in [-0.05, 0) is 54.6 Å². The smallest absolute Gasteiger partial charge is 0.262 e. The highest BCUT2D eigenvalue weighted by Gasteiger charge is 2.23. The maximum Gasteiger partial charge on any atom is 0.262 e. The zero-order valence-electron chi connectivity index (χ0n) is 14.5. The average Bonchev–Trinajstić information content (AvgIpc) is 3.19. The molecule has 0 aliphatic heterocycles. The Bertz CT molecular complexity index is 1230. The highest BCUT2D eigenvalue weighted by molar-refractivity contribution is 7.93. The first-order chi connectivity index (χ1) is 12.9. The maximum atomic E-state index is 13.0. The molecular weight excluding hydrogens is 420 g/mol. The van der Waals surface area contributed by atoms with Crippen LogP contribution in [0, 0.1) is 13.8 Å². The SMILES string of the molecule is Cc1csc(NS(=O)(=O)c2cccc(Cl)c2C)c1-c1nc2ccccc2s1. The molecule has 0 bridgehead atoms. The normalized spacial score (nSPS) is 11.8. The predicted molar refractivity (Wildman–Crippen MR) is 115 cm³/mol. The molecule has 0 aliphatic carbocycles. The number of aryl methyl sites for hydroxylation is 1. The standard InChI is InChI=1S/C19H15ClN2O2S3/c1-11-10-25-19(17(11)18-21-14-7-3-4-8-15(14)26-18)22-27(23,24)16-9-5-6-13(20)12(16)2/h3-10,22H,1-2H3. The predicted octanol–water partition coefficient (Wildman–Crippen LogP) is 6.10. The first-order valence-corrected chi connectivity index (χ1v) is 11.6. The summed E-state index contributed by atoms with van der Waals surface area (Å²) in [6.45, 7) is 3.66. The number of sulfonamides is 1. The zero-order chi connectivity index (χ0) is 19.2. The van der Waals surface area contributed by atoms with Gasteiger partial charge in [0.05, 0.1) is 15.1 Å². The van der Waals surface area contributed by atoms with Crippen LogP contribution in [0.4, 0.5) is 5.00 Å². The van der Waals surface area contributed by atoms with E-state index in [1.54, 1.807) is 36.5 Å². The van der Waals surface area contributed by atoms with Crippen molar-refractivity contribution in [3.63, 3.8) is 0 Å². The first-order valence-electron chi connectivity index (χ1n) is 8.09. The molecule has 0 unspecified atom stereocenters. The third-order valence-corrected chi connectivity index (χ3v) is 8.32. The van der Waals surface area contributed by atoms with Crippen LogP contribution >= 0.6 is 34.3 Å². The average molecular weight is 435 g/mol. The number of aromatic nitrogens is 1. The van der Waals surface area contributed by atoms with Crippen LogP contribution in [0.25, 0.3) is 20.8 Å². The number of rotatable bonds is 4. The quantitative estimate of drug-likeness (QED) is 0.422. The largest absolute Gasteiger partial charge is 0.270 e. The fraction of sp³-hybridized carbons (Fsp3) is 0.105. The first kappa shape index (κ1) is 18.4. The van der Waals surface area contributed by atoms with Gasteiger partial charge in [-0.25, -0.2) is 13.4 Å². The zero-order valence-corrected chi connectivity index (χ0v) is 17.7. The molecule has 0 amide bonds. The van der Waals surface area contributed by atoms with Gasteiger partial charge in [0, 0.05) is 10.6 Å². The summed E-state index contributed by atoms with van der Waals surface area (Å²) < 4.78 is 29.7. The van der Waals surface area contributed by atoms with Gasteiger partial charge in [-0.3, -0.25) is 4.72 Å². The van der Waals surface area contributed by atoms with Gasteiger partial charge < -0.3 is 0 Å². The fourth-order valence-electron chi connectivity index (χ4n) is 2.82. The highest BCUT2D eigenvalue weighted by atomic mass is 35.5. The lowest BCUT2D eigenvalue weighted by molar-refractivity contribution is 0.601. The van der Waals surface area contributed by atoms with Crippen LogP contribution in [0.1, 0.15) is 11.1 Å². The van der Waals surface area contributed by atoms with Gasteiger partial charge in [0.15, 0.2) is 0 Å². The lowest BCUT2D eigenvalue weighted by Crippen LogP contribution is -2.14. The van der Waals surface area contributed by atoms with Crippen molar-refractivity contribution >= 4 is 59.5 Å². The molecule has 138 valence electrons. The Kier molecular flexibility index (Phi) is 4.71. The monoisotopic (exact) mass is 434 g/mol. The number of thiazole rings is 1. The van der Waals surface area contributed by atoms with Gasteiger partial charge in [-0.2, -0.15) is 0 Å². The van der Waals surface area contributed by atoms with Crippen LogP contribution in [-0.4, -0.2) is 13.4 Å². The van der Waals surface area contributed by atoms with Gasteiger partial charge in [0.1, 0.15) is 10.0 Å². The molecule has 8 heteroatoms. The van der Waals surface area contributed by atoms with Gasteiger partial charge >= 0.3 is 0 Å². The number of hydrogen-bond donors (Lipinski definition) is 1. The van der Waals surface area contributed by atoms with E-state index in [2.05, 4.69) is 9.71 Å². The molecule has 27 heavy (non-hydrogen) atoms. The molecule has 4 aromatic rings. The molecule has 4 rings (SSSR count). The Hall–Kier alpha value is -1.93. The van der Waals surface area contributed by atoms with Crippen molar-refractivity contribution in [2.45, 2.75) is 18.7 Å². The minimum Gasteiger partial charge on any atom is -0.270 e. The van der Waals surface area contributed by atoms with Crippen LogP contribution in [0.5, 0.6) is 0 Å². The Morgan fingerprint density at radius 3 is 2.63 bits per heavy atom. The number of nitrogens with zero attached hydrogens (tertiary/aromatic N) is 1. The van der Waals surface area contributed by atoms with Crippen molar-refractivity contribution in [3.8, 4) is 10.6 Å². The van der Waals surface area contributed by atoms with Gasteiger partial charge in [-0.1, -0.05) is 29.8 Å². The van der Waals surface area contributed by atoms with Crippen molar-refractivity contribution in [2.75, 3.05) is 4.72 Å². The molecule has 0 fully saturated rings. The van der Waals surface area contributed by atoms with Crippen molar-refractivity contribution in [2.24, 2.45) is 0 Å². The molecule has 1 N–H and O–H groups in total. The lowest BCUT2D eigenvalue weighted by atomic mass is 10.2. The number of thiophene rings is 1. The lowest BCUT2D eigenvalue weighted by Gasteiger charge is -2.11. The fourth-order valence-corrected chi connectivity index (χ4v) is 6.73. The molecule has 0 saturated heterocycles. The number of hydrogen-bond acceptors (Lipinski definition) is 5. The number of fused-ring (bicyclic) bond motifs is 1. The van der Waals surface area contributed by atoms with Crippen molar-refractivity contribution in [3.05, 3.63) is 64.0 Å². The molecule has 0 radical (unpaired) electrons. The summed E-state index contributed by atoms with van der Waals surface area (Å²) >= 11 is 9.01. The Morgan fingerprint density at radius 1 is 1.07 bits per heavy atom. The Balaban J connectivity index is 1.79. The van der Waals surface area contributed by atoms with E-state index in [4.69, 9.17) is 11.6 Å². The minimum atomic E-state index is -3.76. The van der Waals surface area contributed by atoms with Gasteiger partial charge in [-0.15, -0.1) is 22.7 Å². The van der Waals surface area contributed by atoms with E-state index in [0.717, 1.165) is 26.4 Å². The molecule has 2 aromatic carbocycles. The van der Waals surface area contributed by atoms with Crippen LogP contribution < -0.4 is 4.72 Å². The molecule has 2 heterocycles. The van der Waals surface area contributed by atoms with E-state index >= 15 is 0 Å². The summed E-state index contributed by atoms with van der Waals surface area (Å²) in [6, 6.07) is 12.7. The second-order valence-corrected chi connectivity index (χ2v) is 10.0. The molecule has 0 atom stereocenters. The van der Waals surface area contributed by atoms with E-state index < -0.39 is 10.0 Å². The van der Waals surface area contributed by atoms with Crippen molar-refractivity contribution in [1.29, 1.82) is 0 Å². The molecular formula is C19H15ClN2O2S3. The molecule has 0 spiro atoms. The summed E-state index contributed by atoms with van der Waals surface area (Å²) in [5.74, 6) is 0. The van der Waals surface area contributed by atoms with E-state index in [9.17, 15) is 8.42 Å². The van der Waals surface area contributed by atoms with Crippen LogP contribution in [-0.2, 0) is 10.0 Å². The third kappa shape index (κ3) is 3.36. The summed E-state index contributed by atoms with van der Waals surface area (Å²) in [5, 5.41) is 3.72. The van der Waals surface area contributed by atoms with Crippen LogP contribution in [0.3, 0.4) is 0 Å². The minimum absolute atomic E-state index is 0.177. The topological polar surface area (TPSA) is 59.1 Å². The summed E-state index contributed by atoms with van der Waals surface area (Å²) in [4.78, 5) is 4.86. The van der Waals surface area contributed by atoms with Gasteiger partial charge in [0.2, 0.25) is 0 Å². The second-order valence-electron chi connectivity index (χ2n) is 6.08. The van der Waals surface area contributed by atoms with Crippen LogP contribution in [0.2, 0.25) is 5.02 Å². The van der Waals surface area contributed by atoms with E-state index in [0.29, 0.717) is 15.6 Å². The van der Waals surface area contributed by atoms with Gasteiger partial charge in [0.25, 0.3) is 10.0 Å². The molecule has 0 aliphatic rings. The second kappa shape index (κ2) is 6.91. The molecule has 0 saturated carbocycles.